The summed E-state index contributed by atoms with van der Waals surface area (Å²) in [6, 6.07) is 9.55. The monoisotopic (exact) mass is 413 g/mol. The Morgan fingerprint density at radius 3 is 2.79 bits per heavy atom. The van der Waals surface area contributed by atoms with Gasteiger partial charge in [0.25, 0.3) is 0 Å². The zero-order valence-electron chi connectivity index (χ0n) is 15.7. The summed E-state index contributed by atoms with van der Waals surface area (Å²) in [6.07, 6.45) is 5.24. The molecule has 0 aromatic heterocycles. The van der Waals surface area contributed by atoms with Crippen LogP contribution in [0.4, 0.5) is 0 Å². The van der Waals surface area contributed by atoms with E-state index in [0.717, 1.165) is 42.0 Å². The Hall–Kier alpha value is -2.86. The van der Waals surface area contributed by atoms with Crippen molar-refractivity contribution in [1.29, 1.82) is 0 Å². The van der Waals surface area contributed by atoms with Gasteiger partial charge in [-0.05, 0) is 54.3 Å². The summed E-state index contributed by atoms with van der Waals surface area (Å²) >= 11 is 6.22. The molecule has 3 heterocycles. The van der Waals surface area contributed by atoms with E-state index < -0.39 is 0 Å². The molecule has 0 N–H and O–H groups in total. The Kier molecular flexibility index (Phi) is 4.72. The van der Waals surface area contributed by atoms with Crippen LogP contribution in [0.2, 0.25) is 5.02 Å². The number of rotatable bonds is 3. The number of carbonyl (C=O) groups is 1. The molecule has 1 atom stereocenters. The van der Waals surface area contributed by atoms with E-state index in [4.69, 9.17) is 30.5 Å². The molecule has 0 aliphatic carbocycles. The minimum atomic E-state index is -0.0313. The van der Waals surface area contributed by atoms with Crippen molar-refractivity contribution < 1.29 is 23.7 Å². The van der Waals surface area contributed by atoms with Gasteiger partial charge in [0.2, 0.25) is 12.7 Å². The van der Waals surface area contributed by atoms with E-state index >= 15 is 0 Å². The zero-order valence-corrected chi connectivity index (χ0v) is 16.5. The summed E-state index contributed by atoms with van der Waals surface area (Å²) in [5.74, 6) is 2.62. The number of benzene rings is 2. The van der Waals surface area contributed by atoms with Crippen LogP contribution in [0.5, 0.6) is 23.0 Å². The van der Waals surface area contributed by atoms with Crippen molar-refractivity contribution in [2.45, 2.75) is 18.9 Å². The Bertz CT molecular complexity index is 989. The first-order valence-electron chi connectivity index (χ1n) is 9.66. The van der Waals surface area contributed by atoms with Gasteiger partial charge in [0.05, 0.1) is 11.1 Å². The van der Waals surface area contributed by atoms with Gasteiger partial charge in [0.1, 0.15) is 13.2 Å². The van der Waals surface area contributed by atoms with Crippen LogP contribution in [-0.4, -0.2) is 37.4 Å². The molecule has 0 bridgehead atoms. The minimum Gasteiger partial charge on any atom is -0.486 e. The smallest absolute Gasteiger partial charge is 0.247 e. The second-order valence-corrected chi connectivity index (χ2v) is 7.57. The summed E-state index contributed by atoms with van der Waals surface area (Å²) in [4.78, 5) is 14.8. The van der Waals surface area contributed by atoms with Gasteiger partial charge in [-0.1, -0.05) is 17.7 Å². The molecule has 1 amide bonds. The molecule has 29 heavy (non-hydrogen) atoms. The van der Waals surface area contributed by atoms with Crippen LogP contribution in [0.15, 0.2) is 36.4 Å². The minimum absolute atomic E-state index is 0.0309. The number of nitrogens with zero attached hydrogens (tertiary/aromatic N) is 1. The van der Waals surface area contributed by atoms with Crippen LogP contribution in [0.1, 0.15) is 30.0 Å². The van der Waals surface area contributed by atoms with Crippen molar-refractivity contribution in [2.75, 3.05) is 26.6 Å². The molecule has 1 unspecified atom stereocenters. The van der Waals surface area contributed by atoms with E-state index in [1.807, 2.05) is 29.2 Å². The zero-order chi connectivity index (χ0) is 19.8. The number of carbonyl (C=O) groups excluding carboxylic acids is 1. The highest BCUT2D eigenvalue weighted by Crippen LogP contribution is 2.40. The number of hydrogen-bond donors (Lipinski definition) is 0. The summed E-state index contributed by atoms with van der Waals surface area (Å²) in [5.41, 5.74) is 1.86. The maximum atomic E-state index is 12.9. The van der Waals surface area contributed by atoms with Crippen molar-refractivity contribution in [2.24, 2.45) is 0 Å². The normalized spacial score (nSPS) is 19.8. The Labute approximate surface area is 173 Å². The van der Waals surface area contributed by atoms with Gasteiger partial charge in [-0.3, -0.25) is 4.79 Å². The molecule has 3 aliphatic heterocycles. The molecular weight excluding hydrogens is 394 g/mol. The SMILES string of the molecule is O=C(/C=C/c1cc(Cl)c2c(c1)OCO2)N1CCCC1c1ccc2c(c1)OCCO2. The Morgan fingerprint density at radius 2 is 1.90 bits per heavy atom. The number of likely N-dealkylation sites (tertiary alicyclic amines) is 1. The molecule has 1 saturated heterocycles. The van der Waals surface area contributed by atoms with Crippen LogP contribution in [0.25, 0.3) is 6.08 Å². The van der Waals surface area contributed by atoms with Gasteiger partial charge in [-0.25, -0.2) is 0 Å². The van der Waals surface area contributed by atoms with E-state index in [9.17, 15) is 4.79 Å². The third-order valence-electron chi connectivity index (χ3n) is 5.35. The standard InChI is InChI=1S/C22H20ClNO5/c23-16-10-14(11-20-22(16)29-13-28-20)3-6-21(25)24-7-1-2-17(24)15-4-5-18-19(12-15)27-9-8-26-18/h3-6,10-12,17H,1-2,7-9,13H2/b6-3+. The second-order valence-electron chi connectivity index (χ2n) is 7.16. The Balaban J connectivity index is 1.34. The van der Waals surface area contributed by atoms with E-state index in [1.54, 1.807) is 18.2 Å². The predicted molar refractivity (Wildman–Crippen MR) is 108 cm³/mol. The molecule has 0 saturated carbocycles. The summed E-state index contributed by atoms with van der Waals surface area (Å²) in [6.45, 7) is 2.00. The molecule has 150 valence electrons. The number of ether oxygens (including phenoxy) is 4. The Morgan fingerprint density at radius 1 is 1.03 bits per heavy atom. The van der Waals surface area contributed by atoms with Crippen LogP contribution >= 0.6 is 11.6 Å². The largest absolute Gasteiger partial charge is 0.486 e. The first-order valence-corrected chi connectivity index (χ1v) is 10.0. The molecule has 0 spiro atoms. The van der Waals surface area contributed by atoms with Crippen molar-refractivity contribution in [3.05, 3.63) is 52.6 Å². The van der Waals surface area contributed by atoms with Gasteiger partial charge < -0.3 is 23.8 Å². The first-order chi connectivity index (χ1) is 14.2. The van der Waals surface area contributed by atoms with E-state index in [2.05, 4.69) is 0 Å². The molecule has 7 heteroatoms. The van der Waals surface area contributed by atoms with Gasteiger partial charge in [-0.2, -0.15) is 0 Å². The lowest BCUT2D eigenvalue weighted by molar-refractivity contribution is -0.126. The van der Waals surface area contributed by atoms with E-state index in [-0.39, 0.29) is 18.7 Å². The number of amides is 1. The fourth-order valence-corrected chi connectivity index (χ4v) is 4.26. The van der Waals surface area contributed by atoms with Crippen molar-refractivity contribution in [3.8, 4) is 23.0 Å². The third-order valence-corrected chi connectivity index (χ3v) is 5.64. The first kappa shape index (κ1) is 18.2. The topological polar surface area (TPSA) is 57.2 Å². The molecular formula is C22H20ClNO5. The summed E-state index contributed by atoms with van der Waals surface area (Å²) in [7, 11) is 0. The molecule has 5 rings (SSSR count). The number of halogens is 1. The molecule has 1 fully saturated rings. The summed E-state index contributed by atoms with van der Waals surface area (Å²) in [5, 5.41) is 0.474. The third kappa shape index (κ3) is 3.49. The predicted octanol–water partition coefficient (Wildman–Crippen LogP) is 4.22. The maximum Gasteiger partial charge on any atom is 0.247 e. The van der Waals surface area contributed by atoms with E-state index in [0.29, 0.717) is 29.7 Å². The second kappa shape index (κ2) is 7.52. The molecule has 0 radical (unpaired) electrons. The lowest BCUT2D eigenvalue weighted by atomic mass is 10.0. The van der Waals surface area contributed by atoms with Gasteiger partial charge in [0.15, 0.2) is 23.0 Å². The van der Waals surface area contributed by atoms with Crippen molar-refractivity contribution >= 4 is 23.6 Å². The molecule has 6 nitrogen and oxygen atoms in total. The van der Waals surface area contributed by atoms with E-state index in [1.165, 1.54) is 0 Å². The quantitative estimate of drug-likeness (QED) is 0.705. The van der Waals surface area contributed by atoms with Crippen molar-refractivity contribution in [3.63, 3.8) is 0 Å². The average molecular weight is 414 g/mol. The lowest BCUT2D eigenvalue weighted by Gasteiger charge is -2.26. The van der Waals surface area contributed by atoms with Crippen LogP contribution in [0.3, 0.4) is 0 Å². The molecule has 2 aromatic carbocycles. The lowest BCUT2D eigenvalue weighted by Crippen LogP contribution is -2.29. The fourth-order valence-electron chi connectivity index (χ4n) is 3.99. The maximum absolute atomic E-state index is 12.9. The molecule has 2 aromatic rings. The summed E-state index contributed by atoms with van der Waals surface area (Å²) < 4.78 is 22.0. The van der Waals surface area contributed by atoms with Crippen LogP contribution in [-0.2, 0) is 4.79 Å². The highest BCUT2D eigenvalue weighted by Gasteiger charge is 2.30. The number of hydrogen-bond acceptors (Lipinski definition) is 5. The van der Waals surface area contributed by atoms with Crippen molar-refractivity contribution in [1.82, 2.24) is 4.90 Å². The highest BCUT2D eigenvalue weighted by molar-refractivity contribution is 6.32. The number of fused-ring (bicyclic) bond motifs is 2. The van der Waals surface area contributed by atoms with Gasteiger partial charge in [-0.15, -0.1) is 0 Å². The molecule has 3 aliphatic rings. The fraction of sp³-hybridized carbons (Fsp3) is 0.318. The highest BCUT2D eigenvalue weighted by atomic mass is 35.5. The average Bonchev–Trinajstić information content (AvgIpc) is 3.41. The van der Waals surface area contributed by atoms with Gasteiger partial charge in [0, 0.05) is 12.6 Å². The van der Waals surface area contributed by atoms with Gasteiger partial charge >= 0.3 is 0 Å². The van der Waals surface area contributed by atoms with Crippen LogP contribution in [0, 0.1) is 0 Å². The van der Waals surface area contributed by atoms with Crippen LogP contribution < -0.4 is 18.9 Å².